The fourth-order valence-corrected chi connectivity index (χ4v) is 2.10. The smallest absolute Gasteiger partial charge is 0.134 e. The van der Waals surface area contributed by atoms with Crippen molar-refractivity contribution in [2.75, 3.05) is 43.2 Å². The van der Waals surface area contributed by atoms with E-state index >= 15 is 0 Å². The normalized spacial score (nSPS) is 19.8. The third-order valence-corrected chi connectivity index (χ3v) is 3.57. The number of ether oxygens (including phenoxy) is 1. The lowest BCUT2D eigenvalue weighted by Crippen LogP contribution is -2.50. The largest absolute Gasteiger partial charge is 0.377 e. The van der Waals surface area contributed by atoms with Gasteiger partial charge in [-0.05, 0) is 13.8 Å². The van der Waals surface area contributed by atoms with E-state index in [0.29, 0.717) is 19.2 Å². The van der Waals surface area contributed by atoms with Crippen LogP contribution in [0.1, 0.15) is 13.8 Å². The zero-order valence-corrected chi connectivity index (χ0v) is 11.9. The number of nitrogens with two attached hydrogens (primary N) is 1. The van der Waals surface area contributed by atoms with Crippen LogP contribution in [0.15, 0.2) is 12.4 Å². The van der Waals surface area contributed by atoms with E-state index in [1.807, 2.05) is 13.1 Å². The maximum Gasteiger partial charge on any atom is 0.134 e. The van der Waals surface area contributed by atoms with Crippen LogP contribution in [0, 0.1) is 0 Å². The highest BCUT2D eigenvalue weighted by atomic mass is 16.5. The summed E-state index contributed by atoms with van der Waals surface area (Å²) in [7, 11) is 2.04. The van der Waals surface area contributed by atoms with Gasteiger partial charge in [0.25, 0.3) is 0 Å². The molecule has 0 radical (unpaired) electrons. The van der Waals surface area contributed by atoms with Gasteiger partial charge in [-0.2, -0.15) is 0 Å². The van der Waals surface area contributed by atoms with E-state index in [-0.39, 0.29) is 6.04 Å². The number of anilines is 2. The van der Waals surface area contributed by atoms with Crippen LogP contribution in [0.2, 0.25) is 0 Å². The van der Waals surface area contributed by atoms with E-state index in [0.717, 1.165) is 24.8 Å². The van der Waals surface area contributed by atoms with Crippen molar-refractivity contribution in [3.63, 3.8) is 0 Å². The Kier molecular flexibility index (Phi) is 4.55. The monoisotopic (exact) mass is 265 g/mol. The van der Waals surface area contributed by atoms with Gasteiger partial charge < -0.3 is 20.3 Å². The summed E-state index contributed by atoms with van der Waals surface area (Å²) >= 11 is 0. The third-order valence-electron chi connectivity index (χ3n) is 3.57. The molecule has 106 valence electrons. The Morgan fingerprint density at radius 3 is 3.00 bits per heavy atom. The van der Waals surface area contributed by atoms with E-state index < -0.39 is 0 Å². The van der Waals surface area contributed by atoms with Gasteiger partial charge in [0.05, 0.1) is 19.3 Å². The van der Waals surface area contributed by atoms with Crippen molar-refractivity contribution in [2.45, 2.75) is 25.9 Å². The molecule has 6 nitrogen and oxygen atoms in total. The second kappa shape index (κ2) is 6.16. The molecule has 1 saturated heterocycles. The number of hydrogen-bond acceptors (Lipinski definition) is 6. The second-order valence-corrected chi connectivity index (χ2v) is 5.10. The van der Waals surface area contributed by atoms with Gasteiger partial charge in [-0.15, -0.1) is 0 Å². The van der Waals surface area contributed by atoms with E-state index in [1.54, 1.807) is 6.33 Å². The van der Waals surface area contributed by atoms with Gasteiger partial charge >= 0.3 is 0 Å². The van der Waals surface area contributed by atoms with Gasteiger partial charge in [0.15, 0.2) is 0 Å². The molecular formula is C13H23N5O. The molecular weight excluding hydrogens is 242 g/mol. The average molecular weight is 265 g/mol. The molecule has 0 bridgehead atoms. The van der Waals surface area contributed by atoms with Gasteiger partial charge in [0, 0.05) is 32.2 Å². The summed E-state index contributed by atoms with van der Waals surface area (Å²) in [5.74, 6) is 1.86. The molecule has 1 unspecified atom stereocenters. The Labute approximate surface area is 114 Å². The maximum atomic E-state index is 5.80. The van der Waals surface area contributed by atoms with Crippen molar-refractivity contribution in [1.29, 1.82) is 0 Å². The highest BCUT2D eigenvalue weighted by molar-refractivity contribution is 5.51. The molecule has 2 N–H and O–H groups in total. The molecule has 0 amide bonds. The minimum atomic E-state index is 0.195. The second-order valence-electron chi connectivity index (χ2n) is 5.10. The minimum absolute atomic E-state index is 0.195. The molecule has 0 aromatic carbocycles. The van der Waals surface area contributed by atoms with Gasteiger partial charge in [-0.25, -0.2) is 9.97 Å². The van der Waals surface area contributed by atoms with E-state index in [2.05, 4.69) is 33.6 Å². The zero-order valence-electron chi connectivity index (χ0n) is 11.9. The van der Waals surface area contributed by atoms with Gasteiger partial charge in [-0.3, -0.25) is 0 Å². The Balaban J connectivity index is 2.22. The summed E-state index contributed by atoms with van der Waals surface area (Å²) in [4.78, 5) is 13.1. The van der Waals surface area contributed by atoms with Crippen molar-refractivity contribution in [2.24, 2.45) is 5.73 Å². The summed E-state index contributed by atoms with van der Waals surface area (Å²) in [5, 5.41) is 0. The topological polar surface area (TPSA) is 67.5 Å². The lowest BCUT2D eigenvalue weighted by atomic mass is 10.2. The lowest BCUT2D eigenvalue weighted by Gasteiger charge is -2.36. The van der Waals surface area contributed by atoms with Crippen LogP contribution in [-0.2, 0) is 4.74 Å². The Bertz CT molecular complexity index is 412. The highest BCUT2D eigenvalue weighted by Crippen LogP contribution is 2.21. The van der Waals surface area contributed by atoms with Gasteiger partial charge in [0.1, 0.15) is 18.0 Å². The van der Waals surface area contributed by atoms with Crippen LogP contribution < -0.4 is 15.5 Å². The van der Waals surface area contributed by atoms with Crippen LogP contribution >= 0.6 is 0 Å². The van der Waals surface area contributed by atoms with Crippen molar-refractivity contribution in [3.05, 3.63) is 12.4 Å². The number of aromatic nitrogens is 2. The molecule has 0 saturated carbocycles. The van der Waals surface area contributed by atoms with E-state index in [9.17, 15) is 0 Å². The van der Waals surface area contributed by atoms with Crippen LogP contribution in [0.4, 0.5) is 11.6 Å². The molecule has 19 heavy (non-hydrogen) atoms. The maximum absolute atomic E-state index is 5.80. The van der Waals surface area contributed by atoms with Crippen LogP contribution in [-0.4, -0.2) is 55.4 Å². The molecule has 1 atom stereocenters. The first-order chi connectivity index (χ1) is 9.13. The van der Waals surface area contributed by atoms with Crippen molar-refractivity contribution in [1.82, 2.24) is 9.97 Å². The third kappa shape index (κ3) is 3.13. The molecule has 2 rings (SSSR count). The number of rotatable bonds is 4. The Morgan fingerprint density at radius 1 is 1.53 bits per heavy atom. The molecule has 0 aliphatic carbocycles. The molecule has 1 aliphatic rings. The predicted octanol–water partition coefficient (Wildman–Crippen LogP) is 0.485. The first-order valence-electron chi connectivity index (χ1n) is 6.72. The molecule has 1 aromatic heterocycles. The van der Waals surface area contributed by atoms with Crippen molar-refractivity contribution in [3.8, 4) is 0 Å². The van der Waals surface area contributed by atoms with Crippen LogP contribution in [0.3, 0.4) is 0 Å². The van der Waals surface area contributed by atoms with Gasteiger partial charge in [0.2, 0.25) is 0 Å². The van der Waals surface area contributed by atoms with E-state index in [4.69, 9.17) is 10.5 Å². The molecule has 1 aliphatic heterocycles. The SMILES string of the molecule is CC(C)N(C)c1cc(N2CCOCC2CN)ncn1. The first-order valence-corrected chi connectivity index (χ1v) is 6.72. The zero-order chi connectivity index (χ0) is 13.8. The molecule has 1 aromatic rings. The minimum Gasteiger partial charge on any atom is -0.377 e. The molecule has 2 heterocycles. The van der Waals surface area contributed by atoms with Crippen LogP contribution in [0.25, 0.3) is 0 Å². The molecule has 0 spiro atoms. The predicted molar refractivity (Wildman–Crippen MR) is 76.6 cm³/mol. The fraction of sp³-hybridized carbons (Fsp3) is 0.692. The molecule has 6 heteroatoms. The highest BCUT2D eigenvalue weighted by Gasteiger charge is 2.23. The summed E-state index contributed by atoms with van der Waals surface area (Å²) in [6.07, 6.45) is 1.62. The Morgan fingerprint density at radius 2 is 2.32 bits per heavy atom. The number of nitrogens with zero attached hydrogens (tertiary/aromatic N) is 4. The number of morpholine rings is 1. The number of hydrogen-bond donors (Lipinski definition) is 1. The first kappa shape index (κ1) is 14.0. The summed E-state index contributed by atoms with van der Waals surface area (Å²) in [6.45, 7) is 7.05. The average Bonchev–Trinajstić information content (AvgIpc) is 2.46. The standard InChI is InChI=1S/C13H23N5O/c1-10(2)17(3)12-6-13(16-9-15-12)18-4-5-19-8-11(18)7-14/h6,9-11H,4-5,7-8,14H2,1-3H3. The fourth-order valence-electron chi connectivity index (χ4n) is 2.10. The summed E-state index contributed by atoms with van der Waals surface area (Å²) in [5.41, 5.74) is 5.80. The summed E-state index contributed by atoms with van der Waals surface area (Å²) in [6, 6.07) is 2.62. The van der Waals surface area contributed by atoms with Crippen LogP contribution in [0.5, 0.6) is 0 Å². The van der Waals surface area contributed by atoms with Crippen molar-refractivity contribution < 1.29 is 4.74 Å². The quantitative estimate of drug-likeness (QED) is 0.854. The summed E-state index contributed by atoms with van der Waals surface area (Å²) < 4.78 is 5.47. The lowest BCUT2D eigenvalue weighted by molar-refractivity contribution is 0.0958. The van der Waals surface area contributed by atoms with Crippen molar-refractivity contribution >= 4 is 11.6 Å². The van der Waals surface area contributed by atoms with Gasteiger partial charge in [-0.1, -0.05) is 0 Å². The Hall–Kier alpha value is -1.40. The van der Waals surface area contributed by atoms with E-state index in [1.165, 1.54) is 0 Å². The molecule has 1 fully saturated rings.